The summed E-state index contributed by atoms with van der Waals surface area (Å²) < 4.78 is 6.57. The molecule has 7 rings (SSSR count). The third-order valence-corrected chi connectivity index (χ3v) is 9.88. The zero-order chi connectivity index (χ0) is 25.6. The first kappa shape index (κ1) is 24.8. The van der Waals surface area contributed by atoms with Crippen LogP contribution in [0.4, 0.5) is 0 Å². The van der Waals surface area contributed by atoms with Gasteiger partial charge in [0.2, 0.25) is 0 Å². The number of ether oxygens (including phenoxy) is 1. The minimum absolute atomic E-state index is 0.242. The summed E-state index contributed by atoms with van der Waals surface area (Å²) in [5.41, 5.74) is 9.60. The molecule has 0 unspecified atom stereocenters. The highest BCUT2D eigenvalue weighted by Gasteiger charge is 2.52. The highest BCUT2D eigenvalue weighted by Crippen LogP contribution is 2.62. The summed E-state index contributed by atoms with van der Waals surface area (Å²) >= 11 is 6.88. The van der Waals surface area contributed by atoms with E-state index in [1.165, 1.54) is 55.2 Å². The largest absolute Gasteiger partial charge is 0.489 e. The highest BCUT2D eigenvalue weighted by molar-refractivity contribution is 6.83. The Hall–Kier alpha value is -2.47. The molecule has 4 fully saturated rings. The van der Waals surface area contributed by atoms with Crippen molar-refractivity contribution < 1.29 is 4.74 Å². The monoisotopic (exact) mass is 524 g/mol. The van der Waals surface area contributed by atoms with Gasteiger partial charge in [-0.05, 0) is 97.1 Å². The van der Waals surface area contributed by atoms with Gasteiger partial charge < -0.3 is 4.74 Å². The van der Waals surface area contributed by atoms with E-state index in [2.05, 4.69) is 91.8 Å². The smallest absolute Gasteiger partial charge is 0.129 e. The van der Waals surface area contributed by atoms with Crippen molar-refractivity contribution in [3.8, 4) is 28.3 Å². The van der Waals surface area contributed by atoms with Crippen LogP contribution in [0.15, 0.2) is 66.7 Å². The molecule has 0 atom stereocenters. The van der Waals surface area contributed by atoms with Crippen molar-refractivity contribution in [2.75, 3.05) is 0 Å². The Kier molecular flexibility index (Phi) is 6.50. The molecule has 4 aliphatic carbocycles. The van der Waals surface area contributed by atoms with E-state index in [9.17, 15) is 0 Å². The standard InChI is InChI=1S/C34H37ClOSi/c1-37(2,3)14-13-24-9-11-30(32(35)18-24)29-10-12-33(36-23-25-7-5-4-6-8-25)31(19-29)34-20-26-15-27(21-34)17-28(16-26)22-34/h4-12,18-19,26-28H,15-17,20-23H2,1-3H3. The number of rotatable bonds is 5. The maximum Gasteiger partial charge on any atom is 0.129 e. The van der Waals surface area contributed by atoms with E-state index >= 15 is 0 Å². The molecule has 0 aromatic heterocycles. The quantitative estimate of drug-likeness (QED) is 0.238. The summed E-state index contributed by atoms with van der Waals surface area (Å²) in [7, 11) is -1.43. The minimum Gasteiger partial charge on any atom is -0.489 e. The van der Waals surface area contributed by atoms with Gasteiger partial charge in [-0.15, -0.1) is 5.54 Å². The van der Waals surface area contributed by atoms with Gasteiger partial charge in [-0.2, -0.15) is 0 Å². The van der Waals surface area contributed by atoms with Crippen molar-refractivity contribution >= 4 is 19.7 Å². The van der Waals surface area contributed by atoms with Gasteiger partial charge in [0.1, 0.15) is 20.4 Å². The summed E-state index contributed by atoms with van der Waals surface area (Å²) in [6.45, 7) is 7.40. The average Bonchev–Trinajstić information content (AvgIpc) is 2.86. The van der Waals surface area contributed by atoms with Crippen LogP contribution in [-0.2, 0) is 12.0 Å². The van der Waals surface area contributed by atoms with Gasteiger partial charge in [-0.25, -0.2) is 0 Å². The third kappa shape index (κ3) is 5.27. The first-order chi connectivity index (χ1) is 17.8. The van der Waals surface area contributed by atoms with Crippen molar-refractivity contribution in [1.82, 2.24) is 0 Å². The normalized spacial score (nSPS) is 26.0. The van der Waals surface area contributed by atoms with Crippen molar-refractivity contribution in [1.29, 1.82) is 0 Å². The Morgan fingerprint density at radius 2 is 1.54 bits per heavy atom. The highest BCUT2D eigenvalue weighted by atomic mass is 35.5. The van der Waals surface area contributed by atoms with Gasteiger partial charge in [-0.1, -0.05) is 79.6 Å². The number of hydrogen-bond acceptors (Lipinski definition) is 1. The molecule has 190 valence electrons. The summed E-state index contributed by atoms with van der Waals surface area (Å²) in [6, 6.07) is 23.7. The molecular weight excluding hydrogens is 488 g/mol. The summed E-state index contributed by atoms with van der Waals surface area (Å²) in [5.74, 6) is 7.05. The van der Waals surface area contributed by atoms with E-state index < -0.39 is 8.07 Å². The van der Waals surface area contributed by atoms with E-state index in [4.69, 9.17) is 16.3 Å². The molecule has 0 aliphatic heterocycles. The first-order valence-corrected chi connectivity index (χ1v) is 17.8. The fraction of sp³-hybridized carbons (Fsp3) is 0.412. The first-order valence-electron chi connectivity index (χ1n) is 13.9. The number of hydrogen-bond donors (Lipinski definition) is 0. The fourth-order valence-electron chi connectivity index (χ4n) is 7.50. The summed E-state index contributed by atoms with van der Waals surface area (Å²) in [4.78, 5) is 0. The second-order valence-electron chi connectivity index (χ2n) is 12.9. The molecule has 1 nitrogen and oxygen atoms in total. The maximum absolute atomic E-state index is 6.88. The molecular formula is C34H37ClOSi. The van der Waals surface area contributed by atoms with Crippen molar-refractivity contribution in [3.63, 3.8) is 0 Å². The van der Waals surface area contributed by atoms with Gasteiger partial charge in [0.05, 0.1) is 0 Å². The van der Waals surface area contributed by atoms with E-state index in [0.29, 0.717) is 6.61 Å². The molecule has 0 heterocycles. The molecule has 3 heteroatoms. The van der Waals surface area contributed by atoms with E-state index in [0.717, 1.165) is 39.7 Å². The van der Waals surface area contributed by atoms with Crippen LogP contribution < -0.4 is 4.74 Å². The minimum atomic E-state index is -1.43. The molecule has 4 aliphatic rings. The molecule has 0 saturated heterocycles. The maximum atomic E-state index is 6.88. The van der Waals surface area contributed by atoms with E-state index in [1.54, 1.807) is 0 Å². The molecule has 4 bridgehead atoms. The summed E-state index contributed by atoms with van der Waals surface area (Å²) in [6.07, 6.45) is 8.23. The molecule has 4 saturated carbocycles. The van der Waals surface area contributed by atoms with Crippen LogP contribution in [0.5, 0.6) is 5.75 Å². The van der Waals surface area contributed by atoms with Gasteiger partial charge in [-0.3, -0.25) is 0 Å². The molecule has 37 heavy (non-hydrogen) atoms. The van der Waals surface area contributed by atoms with Gasteiger partial charge in [0.25, 0.3) is 0 Å². The lowest BCUT2D eigenvalue weighted by Gasteiger charge is -2.57. The molecule has 3 aromatic rings. The average molecular weight is 525 g/mol. The Morgan fingerprint density at radius 3 is 2.16 bits per heavy atom. The lowest BCUT2D eigenvalue weighted by atomic mass is 9.48. The lowest BCUT2D eigenvalue weighted by Crippen LogP contribution is -2.48. The van der Waals surface area contributed by atoms with Crippen LogP contribution in [0, 0.1) is 29.2 Å². The van der Waals surface area contributed by atoms with Gasteiger partial charge in [0.15, 0.2) is 0 Å². The SMILES string of the molecule is C[Si](C)(C)C#Cc1ccc(-c2ccc(OCc3ccccc3)c(C34CC5CC(CC(C5)C3)C4)c2)c(Cl)c1. The number of halogens is 1. The van der Waals surface area contributed by atoms with Crippen LogP contribution in [0.25, 0.3) is 11.1 Å². The van der Waals surface area contributed by atoms with E-state index in [1.807, 2.05) is 6.07 Å². The summed E-state index contributed by atoms with van der Waals surface area (Å²) in [5, 5.41) is 0.775. The predicted molar refractivity (Wildman–Crippen MR) is 158 cm³/mol. The molecule has 0 radical (unpaired) electrons. The molecule has 3 aromatic carbocycles. The van der Waals surface area contributed by atoms with Crippen molar-refractivity contribution in [2.45, 2.75) is 70.2 Å². The van der Waals surface area contributed by atoms with Crippen LogP contribution in [0.3, 0.4) is 0 Å². The second-order valence-corrected chi connectivity index (χ2v) is 18.0. The topological polar surface area (TPSA) is 9.23 Å². The molecule has 0 amide bonds. The Morgan fingerprint density at radius 1 is 0.865 bits per heavy atom. The van der Waals surface area contributed by atoms with E-state index in [-0.39, 0.29) is 5.41 Å². The zero-order valence-electron chi connectivity index (χ0n) is 22.3. The zero-order valence-corrected chi connectivity index (χ0v) is 24.1. The van der Waals surface area contributed by atoms with Crippen molar-refractivity contribution in [2.24, 2.45) is 17.8 Å². The van der Waals surface area contributed by atoms with Gasteiger partial charge >= 0.3 is 0 Å². The van der Waals surface area contributed by atoms with Crippen LogP contribution in [0.1, 0.15) is 55.2 Å². The second kappa shape index (κ2) is 9.68. The van der Waals surface area contributed by atoms with Crippen LogP contribution in [0.2, 0.25) is 24.7 Å². The van der Waals surface area contributed by atoms with Gasteiger partial charge in [0, 0.05) is 21.7 Å². The van der Waals surface area contributed by atoms with Crippen LogP contribution in [-0.4, -0.2) is 8.07 Å². The third-order valence-electron chi connectivity index (χ3n) is 8.69. The van der Waals surface area contributed by atoms with Crippen LogP contribution >= 0.6 is 11.6 Å². The predicted octanol–water partition coefficient (Wildman–Crippen LogP) is 9.28. The Balaban J connectivity index is 1.37. The molecule has 0 spiro atoms. The Bertz CT molecular complexity index is 1320. The Labute approximate surface area is 228 Å². The number of benzene rings is 3. The lowest BCUT2D eigenvalue weighted by molar-refractivity contribution is -0.00645. The fourth-order valence-corrected chi connectivity index (χ4v) is 8.31. The molecule has 0 N–H and O–H groups in total. The van der Waals surface area contributed by atoms with Crippen molar-refractivity contribution in [3.05, 3.63) is 88.4 Å².